The lowest BCUT2D eigenvalue weighted by molar-refractivity contribution is 0.230. The van der Waals surface area contributed by atoms with E-state index in [9.17, 15) is 5.11 Å². The Labute approximate surface area is 126 Å². The molecule has 0 amide bonds. The monoisotopic (exact) mass is 287 g/mol. The molecule has 0 bridgehead atoms. The molecule has 21 heavy (non-hydrogen) atoms. The third-order valence-electron chi connectivity index (χ3n) is 3.64. The second-order valence-corrected chi connectivity index (χ2v) is 5.60. The fraction of sp³-hybridized carbons (Fsp3) is 0.444. The number of hydrogen-bond acceptors (Lipinski definition) is 3. The van der Waals surface area contributed by atoms with Crippen molar-refractivity contribution in [1.82, 2.24) is 5.32 Å². The first-order chi connectivity index (χ1) is 10.2. The number of hydrogen-bond donors (Lipinski definition) is 2. The van der Waals surface area contributed by atoms with Crippen LogP contribution in [0.2, 0.25) is 0 Å². The summed E-state index contributed by atoms with van der Waals surface area (Å²) in [5.41, 5.74) is 1.16. The second-order valence-electron chi connectivity index (χ2n) is 5.60. The van der Waals surface area contributed by atoms with Crippen LogP contribution in [0.3, 0.4) is 0 Å². The van der Waals surface area contributed by atoms with Gasteiger partial charge in [0.05, 0.1) is 12.7 Å². The predicted molar refractivity (Wildman–Crippen MR) is 87.7 cm³/mol. The van der Waals surface area contributed by atoms with E-state index in [1.165, 1.54) is 10.8 Å². The fourth-order valence-electron chi connectivity index (χ4n) is 2.45. The van der Waals surface area contributed by atoms with Crippen LogP contribution in [0.4, 0.5) is 0 Å². The van der Waals surface area contributed by atoms with Crippen LogP contribution >= 0.6 is 0 Å². The predicted octanol–water partition coefficient (Wildman–Crippen LogP) is 3.49. The van der Waals surface area contributed by atoms with Gasteiger partial charge in [0, 0.05) is 18.2 Å². The Bertz CT molecular complexity index is 576. The summed E-state index contributed by atoms with van der Waals surface area (Å²) >= 11 is 0. The van der Waals surface area contributed by atoms with Crippen LogP contribution in [-0.4, -0.2) is 23.9 Å². The number of benzene rings is 2. The molecule has 2 aromatic rings. The summed E-state index contributed by atoms with van der Waals surface area (Å²) in [4.78, 5) is 0. The van der Waals surface area contributed by atoms with Gasteiger partial charge in [-0.3, -0.25) is 0 Å². The van der Waals surface area contributed by atoms with Crippen molar-refractivity contribution in [3.63, 3.8) is 0 Å². The molecular formula is C18H25NO2. The molecule has 3 heteroatoms. The van der Waals surface area contributed by atoms with Crippen molar-refractivity contribution < 1.29 is 9.84 Å². The Hall–Kier alpha value is -1.58. The van der Waals surface area contributed by atoms with Gasteiger partial charge in [-0.05, 0) is 37.1 Å². The van der Waals surface area contributed by atoms with Crippen LogP contribution in [0.15, 0.2) is 36.4 Å². The lowest BCUT2D eigenvalue weighted by Gasteiger charge is -2.19. The summed E-state index contributed by atoms with van der Waals surface area (Å²) in [5.74, 6) is 0.920. The van der Waals surface area contributed by atoms with Crippen molar-refractivity contribution in [1.29, 1.82) is 0 Å². The first kappa shape index (κ1) is 15.8. The number of nitrogens with one attached hydrogen (secondary N) is 1. The van der Waals surface area contributed by atoms with Gasteiger partial charge >= 0.3 is 0 Å². The van der Waals surface area contributed by atoms with Crippen LogP contribution in [-0.2, 0) is 6.54 Å². The van der Waals surface area contributed by atoms with Crippen molar-refractivity contribution in [3.8, 4) is 5.75 Å². The quantitative estimate of drug-likeness (QED) is 0.819. The van der Waals surface area contributed by atoms with E-state index in [-0.39, 0.29) is 18.8 Å². The molecule has 1 atom stereocenters. The largest absolute Gasteiger partial charge is 0.491 e. The minimum Gasteiger partial charge on any atom is -0.491 e. The van der Waals surface area contributed by atoms with E-state index in [2.05, 4.69) is 30.4 Å². The molecule has 0 spiro atoms. The summed E-state index contributed by atoms with van der Waals surface area (Å²) in [6.45, 7) is 7.00. The lowest BCUT2D eigenvalue weighted by atomic mass is 10.0. The van der Waals surface area contributed by atoms with Gasteiger partial charge in [0.1, 0.15) is 5.75 Å². The van der Waals surface area contributed by atoms with Crippen molar-refractivity contribution >= 4 is 10.8 Å². The summed E-state index contributed by atoms with van der Waals surface area (Å²) < 4.78 is 5.95. The number of aliphatic hydroxyl groups excluding tert-OH is 1. The Morgan fingerprint density at radius 2 is 1.90 bits per heavy atom. The highest BCUT2D eigenvalue weighted by atomic mass is 16.5. The first-order valence-corrected chi connectivity index (χ1v) is 7.67. The summed E-state index contributed by atoms with van der Waals surface area (Å²) in [6.07, 6.45) is 1.05. The minimum absolute atomic E-state index is 0.121. The zero-order valence-electron chi connectivity index (χ0n) is 13.1. The molecule has 0 heterocycles. The molecule has 0 saturated carbocycles. The molecule has 0 radical (unpaired) electrons. The Morgan fingerprint density at radius 3 is 2.57 bits per heavy atom. The molecule has 0 aliphatic carbocycles. The van der Waals surface area contributed by atoms with E-state index in [1.54, 1.807) is 0 Å². The van der Waals surface area contributed by atoms with Gasteiger partial charge in [0.25, 0.3) is 0 Å². The third-order valence-corrected chi connectivity index (χ3v) is 3.64. The normalized spacial score (nSPS) is 12.8. The molecule has 114 valence electrons. The van der Waals surface area contributed by atoms with E-state index in [0.29, 0.717) is 6.54 Å². The molecule has 0 aromatic heterocycles. The van der Waals surface area contributed by atoms with E-state index >= 15 is 0 Å². The zero-order valence-corrected chi connectivity index (χ0v) is 13.1. The van der Waals surface area contributed by atoms with Crippen molar-refractivity contribution in [2.45, 2.75) is 45.9 Å². The number of aliphatic hydroxyl groups is 1. The van der Waals surface area contributed by atoms with E-state index in [4.69, 9.17) is 4.74 Å². The maximum absolute atomic E-state index is 9.34. The highest BCUT2D eigenvalue weighted by molar-refractivity contribution is 5.87. The van der Waals surface area contributed by atoms with Crippen LogP contribution < -0.4 is 10.1 Å². The number of fused-ring (bicyclic) bond motifs is 1. The Balaban J connectivity index is 2.35. The highest BCUT2D eigenvalue weighted by Crippen LogP contribution is 2.29. The molecule has 2 aromatic carbocycles. The smallest absolute Gasteiger partial charge is 0.124 e. The molecule has 0 fully saturated rings. The maximum atomic E-state index is 9.34. The third kappa shape index (κ3) is 3.96. The van der Waals surface area contributed by atoms with E-state index < -0.39 is 0 Å². The molecular weight excluding hydrogens is 262 g/mol. The Kier molecular flexibility index (Phi) is 5.59. The van der Waals surface area contributed by atoms with Gasteiger partial charge in [-0.25, -0.2) is 0 Å². The minimum atomic E-state index is 0.121. The molecule has 2 rings (SSSR count). The zero-order chi connectivity index (χ0) is 15.2. The summed E-state index contributed by atoms with van der Waals surface area (Å²) in [7, 11) is 0. The van der Waals surface area contributed by atoms with Crippen molar-refractivity contribution in [2.24, 2.45) is 0 Å². The Morgan fingerprint density at radius 1 is 1.14 bits per heavy atom. The maximum Gasteiger partial charge on any atom is 0.124 e. The standard InChI is InChI=1S/C18H25NO2/c1-4-15(12-20)19-11-17-16-8-6-5-7-14(16)9-10-18(17)21-13(2)3/h5-10,13,15,19-20H,4,11-12H2,1-3H3/t15-/m1/s1. The molecule has 0 aliphatic rings. The van der Waals surface area contributed by atoms with Gasteiger partial charge < -0.3 is 15.2 Å². The SMILES string of the molecule is CC[C@H](CO)NCc1c(OC(C)C)ccc2ccccc12. The summed E-state index contributed by atoms with van der Waals surface area (Å²) in [5, 5.41) is 15.2. The molecule has 2 N–H and O–H groups in total. The van der Waals surface area contributed by atoms with Gasteiger partial charge in [-0.15, -0.1) is 0 Å². The van der Waals surface area contributed by atoms with Gasteiger partial charge in [0.2, 0.25) is 0 Å². The highest BCUT2D eigenvalue weighted by Gasteiger charge is 2.12. The fourth-order valence-corrected chi connectivity index (χ4v) is 2.45. The average molecular weight is 287 g/mol. The van der Waals surface area contributed by atoms with Crippen molar-refractivity contribution in [3.05, 3.63) is 42.0 Å². The first-order valence-electron chi connectivity index (χ1n) is 7.67. The van der Waals surface area contributed by atoms with Gasteiger partial charge in [0.15, 0.2) is 0 Å². The van der Waals surface area contributed by atoms with Crippen LogP contribution in [0.1, 0.15) is 32.8 Å². The number of rotatable bonds is 7. The summed E-state index contributed by atoms with van der Waals surface area (Å²) in [6, 6.07) is 12.6. The van der Waals surface area contributed by atoms with Crippen LogP contribution in [0.5, 0.6) is 5.75 Å². The molecule has 0 saturated heterocycles. The lowest BCUT2D eigenvalue weighted by Crippen LogP contribution is -2.31. The number of ether oxygens (including phenoxy) is 1. The van der Waals surface area contributed by atoms with Crippen molar-refractivity contribution in [2.75, 3.05) is 6.61 Å². The second kappa shape index (κ2) is 7.43. The van der Waals surface area contributed by atoms with Crippen LogP contribution in [0.25, 0.3) is 10.8 Å². The molecule has 0 aliphatic heterocycles. The van der Waals surface area contributed by atoms with Gasteiger partial charge in [-0.2, -0.15) is 0 Å². The van der Waals surface area contributed by atoms with Gasteiger partial charge in [-0.1, -0.05) is 37.3 Å². The van der Waals surface area contributed by atoms with E-state index in [0.717, 1.165) is 17.7 Å². The van der Waals surface area contributed by atoms with E-state index in [1.807, 2.05) is 32.0 Å². The van der Waals surface area contributed by atoms with Crippen LogP contribution in [0, 0.1) is 0 Å². The molecule has 3 nitrogen and oxygen atoms in total. The molecule has 0 unspecified atom stereocenters. The average Bonchev–Trinajstić information content (AvgIpc) is 2.49. The topological polar surface area (TPSA) is 41.5 Å².